The largest absolute Gasteiger partial charge is 0.354 e. The second-order valence-corrected chi connectivity index (χ2v) is 6.30. The monoisotopic (exact) mass is 303 g/mol. The maximum atomic E-state index is 12.5. The number of likely N-dealkylation sites (N-methyl/N-ethyl adjacent to an activating group) is 1. The van der Waals surface area contributed by atoms with Crippen molar-refractivity contribution in [1.29, 1.82) is 0 Å². The van der Waals surface area contributed by atoms with Gasteiger partial charge in [0, 0.05) is 38.8 Å². The van der Waals surface area contributed by atoms with Gasteiger partial charge in [-0.25, -0.2) is 0 Å². The molecule has 4 nitrogen and oxygen atoms in total. The minimum absolute atomic E-state index is 0.0408. The number of piperazine rings is 1. The molecule has 1 heterocycles. The zero-order chi connectivity index (χ0) is 15.9. The van der Waals surface area contributed by atoms with Gasteiger partial charge in [-0.15, -0.1) is 0 Å². The molecular formula is C18H29N3O. The fourth-order valence-electron chi connectivity index (χ4n) is 3.02. The minimum atomic E-state index is -0.0408. The maximum Gasteiger partial charge on any atom is 0.227 e. The third kappa shape index (κ3) is 4.55. The zero-order valence-electron chi connectivity index (χ0n) is 14.1. The number of amides is 1. The third-order valence-corrected chi connectivity index (χ3v) is 4.66. The highest BCUT2D eigenvalue weighted by molar-refractivity contribution is 5.83. The summed E-state index contributed by atoms with van der Waals surface area (Å²) < 4.78 is 0. The Hall–Kier alpha value is -1.39. The summed E-state index contributed by atoms with van der Waals surface area (Å²) >= 11 is 0. The first kappa shape index (κ1) is 17.0. The first-order valence-corrected chi connectivity index (χ1v) is 8.37. The number of benzene rings is 1. The fourth-order valence-corrected chi connectivity index (χ4v) is 3.02. The van der Waals surface area contributed by atoms with Crippen molar-refractivity contribution in [2.24, 2.45) is 0 Å². The molecule has 2 atom stereocenters. The van der Waals surface area contributed by atoms with E-state index in [0.717, 1.165) is 44.7 Å². The average Bonchev–Trinajstić information content (AvgIpc) is 2.55. The lowest BCUT2D eigenvalue weighted by Crippen LogP contribution is -2.51. The van der Waals surface area contributed by atoms with E-state index in [2.05, 4.69) is 36.0 Å². The molecule has 4 heteroatoms. The van der Waals surface area contributed by atoms with E-state index in [9.17, 15) is 4.79 Å². The molecule has 1 fully saturated rings. The molecule has 2 rings (SSSR count). The molecule has 22 heavy (non-hydrogen) atoms. The lowest BCUT2D eigenvalue weighted by atomic mass is 9.95. The number of carbonyl (C=O) groups is 1. The van der Waals surface area contributed by atoms with E-state index < -0.39 is 0 Å². The van der Waals surface area contributed by atoms with Gasteiger partial charge in [0.1, 0.15) is 0 Å². The molecule has 122 valence electrons. The topological polar surface area (TPSA) is 35.6 Å². The number of carbonyl (C=O) groups excluding carboxylic acids is 1. The van der Waals surface area contributed by atoms with Gasteiger partial charge >= 0.3 is 0 Å². The van der Waals surface area contributed by atoms with E-state index in [0.29, 0.717) is 6.04 Å². The first-order chi connectivity index (χ1) is 10.6. The average molecular weight is 303 g/mol. The van der Waals surface area contributed by atoms with Gasteiger partial charge in [-0.1, -0.05) is 37.3 Å². The van der Waals surface area contributed by atoms with Crippen molar-refractivity contribution in [3.05, 3.63) is 35.9 Å². The van der Waals surface area contributed by atoms with Crippen LogP contribution >= 0.6 is 0 Å². The van der Waals surface area contributed by atoms with Crippen LogP contribution in [-0.4, -0.2) is 61.5 Å². The maximum absolute atomic E-state index is 12.5. The molecule has 0 saturated carbocycles. The summed E-state index contributed by atoms with van der Waals surface area (Å²) in [7, 11) is 2.16. The van der Waals surface area contributed by atoms with E-state index in [1.54, 1.807) is 0 Å². The van der Waals surface area contributed by atoms with Crippen LogP contribution in [0.2, 0.25) is 0 Å². The van der Waals surface area contributed by atoms with Crippen LogP contribution in [0.25, 0.3) is 0 Å². The van der Waals surface area contributed by atoms with Crippen LogP contribution in [0.15, 0.2) is 30.3 Å². The van der Waals surface area contributed by atoms with Gasteiger partial charge in [-0.2, -0.15) is 0 Å². The highest BCUT2D eigenvalue weighted by Gasteiger charge is 2.22. The fraction of sp³-hybridized carbons (Fsp3) is 0.611. The Labute approximate surface area is 134 Å². The molecule has 1 aromatic carbocycles. The second kappa shape index (κ2) is 8.30. The number of hydrogen-bond acceptors (Lipinski definition) is 3. The van der Waals surface area contributed by atoms with Crippen molar-refractivity contribution in [1.82, 2.24) is 15.1 Å². The molecule has 1 aliphatic rings. The highest BCUT2D eigenvalue weighted by atomic mass is 16.1. The summed E-state index contributed by atoms with van der Waals surface area (Å²) in [5, 5.41) is 3.15. The Bertz CT molecular complexity index is 455. The smallest absolute Gasteiger partial charge is 0.227 e. The van der Waals surface area contributed by atoms with Gasteiger partial charge in [0.05, 0.1) is 5.92 Å². The van der Waals surface area contributed by atoms with E-state index in [1.807, 2.05) is 30.3 Å². The van der Waals surface area contributed by atoms with E-state index >= 15 is 0 Å². The molecule has 0 radical (unpaired) electrons. The molecule has 0 bridgehead atoms. The molecule has 1 N–H and O–H groups in total. The summed E-state index contributed by atoms with van der Waals surface area (Å²) in [4.78, 5) is 17.3. The van der Waals surface area contributed by atoms with Gasteiger partial charge < -0.3 is 10.2 Å². The Balaban J connectivity index is 1.83. The molecule has 0 spiro atoms. The van der Waals surface area contributed by atoms with Crippen molar-refractivity contribution in [2.75, 3.05) is 39.8 Å². The lowest BCUT2D eigenvalue weighted by Gasteiger charge is -2.36. The molecule has 1 aromatic rings. The van der Waals surface area contributed by atoms with E-state index in [-0.39, 0.29) is 11.8 Å². The van der Waals surface area contributed by atoms with Crippen LogP contribution in [0.1, 0.15) is 31.7 Å². The molecule has 1 saturated heterocycles. The van der Waals surface area contributed by atoms with Crippen LogP contribution in [0.5, 0.6) is 0 Å². The van der Waals surface area contributed by atoms with Crippen LogP contribution < -0.4 is 5.32 Å². The van der Waals surface area contributed by atoms with Crippen LogP contribution in [0.4, 0.5) is 0 Å². The molecule has 0 aliphatic carbocycles. The SMILES string of the molecule is CC[C@@H](C(=O)NC[C@@H](C)N1CCN(C)CC1)c1ccccc1. The zero-order valence-corrected chi connectivity index (χ0v) is 14.1. The van der Waals surface area contributed by atoms with Crippen LogP contribution in [0, 0.1) is 0 Å². The van der Waals surface area contributed by atoms with Gasteiger partial charge in [-0.05, 0) is 26.0 Å². The standard InChI is InChI=1S/C18H29N3O/c1-4-17(16-8-6-5-7-9-16)18(22)19-14-15(2)21-12-10-20(3)11-13-21/h5-9,15,17H,4,10-14H2,1-3H3,(H,19,22)/t15-,17-/m1/s1. The van der Waals surface area contributed by atoms with Crippen molar-refractivity contribution < 1.29 is 4.79 Å². The van der Waals surface area contributed by atoms with E-state index in [4.69, 9.17) is 0 Å². The van der Waals surface area contributed by atoms with Gasteiger partial charge in [-0.3, -0.25) is 9.69 Å². The quantitative estimate of drug-likeness (QED) is 0.872. The number of nitrogens with one attached hydrogen (secondary N) is 1. The summed E-state index contributed by atoms with van der Waals surface area (Å²) in [6, 6.07) is 10.5. The Kier molecular flexibility index (Phi) is 6.40. The lowest BCUT2D eigenvalue weighted by molar-refractivity contribution is -0.122. The van der Waals surface area contributed by atoms with Crippen molar-refractivity contribution in [3.63, 3.8) is 0 Å². The Morgan fingerprint density at radius 2 is 1.82 bits per heavy atom. The van der Waals surface area contributed by atoms with Gasteiger partial charge in [0.15, 0.2) is 0 Å². The summed E-state index contributed by atoms with van der Waals surface area (Å²) in [5.41, 5.74) is 1.11. The number of rotatable bonds is 6. The summed E-state index contributed by atoms with van der Waals surface area (Å²) in [6.07, 6.45) is 0.832. The number of nitrogens with zero attached hydrogens (tertiary/aromatic N) is 2. The molecule has 1 amide bonds. The predicted octanol–water partition coefficient (Wildman–Crippen LogP) is 1.93. The Morgan fingerprint density at radius 1 is 1.18 bits per heavy atom. The third-order valence-electron chi connectivity index (χ3n) is 4.66. The van der Waals surface area contributed by atoms with Crippen LogP contribution in [0.3, 0.4) is 0 Å². The van der Waals surface area contributed by atoms with Gasteiger partial charge in [0.25, 0.3) is 0 Å². The van der Waals surface area contributed by atoms with Crippen molar-refractivity contribution in [2.45, 2.75) is 32.2 Å². The Morgan fingerprint density at radius 3 is 2.41 bits per heavy atom. The van der Waals surface area contributed by atoms with Crippen LogP contribution in [-0.2, 0) is 4.79 Å². The molecular weight excluding hydrogens is 274 g/mol. The molecule has 0 unspecified atom stereocenters. The molecule has 1 aliphatic heterocycles. The normalized spacial score (nSPS) is 19.6. The van der Waals surface area contributed by atoms with Crippen molar-refractivity contribution >= 4 is 5.91 Å². The van der Waals surface area contributed by atoms with E-state index in [1.165, 1.54) is 0 Å². The first-order valence-electron chi connectivity index (χ1n) is 8.37. The van der Waals surface area contributed by atoms with Crippen molar-refractivity contribution in [3.8, 4) is 0 Å². The summed E-state index contributed by atoms with van der Waals surface area (Å²) in [5.74, 6) is 0.107. The highest BCUT2D eigenvalue weighted by Crippen LogP contribution is 2.19. The predicted molar refractivity (Wildman–Crippen MR) is 91.0 cm³/mol. The summed E-state index contributed by atoms with van der Waals surface area (Å²) in [6.45, 7) is 9.40. The number of hydrogen-bond donors (Lipinski definition) is 1. The second-order valence-electron chi connectivity index (χ2n) is 6.30. The molecule has 0 aromatic heterocycles. The van der Waals surface area contributed by atoms with Gasteiger partial charge in [0.2, 0.25) is 5.91 Å². The minimum Gasteiger partial charge on any atom is -0.354 e.